The molecule has 0 bridgehead atoms. The lowest BCUT2D eigenvalue weighted by Crippen LogP contribution is -1.93. The van der Waals surface area contributed by atoms with Crippen LogP contribution in [0.3, 0.4) is 0 Å². The van der Waals surface area contributed by atoms with Crippen molar-refractivity contribution in [1.29, 1.82) is 0 Å². The number of aromatic hydroxyl groups is 1. The van der Waals surface area contributed by atoms with Crippen LogP contribution in [-0.2, 0) is 6.54 Å². The summed E-state index contributed by atoms with van der Waals surface area (Å²) in [4.78, 5) is 3.04. The van der Waals surface area contributed by atoms with Gasteiger partial charge < -0.3 is 15.8 Å². The van der Waals surface area contributed by atoms with E-state index in [4.69, 9.17) is 5.73 Å². The third-order valence-corrected chi connectivity index (χ3v) is 1.99. The summed E-state index contributed by atoms with van der Waals surface area (Å²) in [5, 5.41) is 10.3. The number of phenolic OH excluding ortho intramolecular Hbond substituents is 1. The van der Waals surface area contributed by atoms with Gasteiger partial charge in [-0.3, -0.25) is 0 Å². The molecule has 0 amide bonds. The first-order valence-electron chi connectivity index (χ1n) is 3.81. The van der Waals surface area contributed by atoms with Gasteiger partial charge in [0.05, 0.1) is 0 Å². The van der Waals surface area contributed by atoms with Crippen molar-refractivity contribution in [3.8, 4) is 5.75 Å². The molecule has 62 valence electrons. The fraction of sp³-hybridized carbons (Fsp3) is 0.111. The first-order valence-corrected chi connectivity index (χ1v) is 3.81. The van der Waals surface area contributed by atoms with Gasteiger partial charge >= 0.3 is 0 Å². The van der Waals surface area contributed by atoms with Gasteiger partial charge in [-0.15, -0.1) is 0 Å². The van der Waals surface area contributed by atoms with Gasteiger partial charge in [-0.1, -0.05) is 6.07 Å². The van der Waals surface area contributed by atoms with Gasteiger partial charge in [0.1, 0.15) is 5.75 Å². The summed E-state index contributed by atoms with van der Waals surface area (Å²) in [5.74, 6) is 0.286. The number of hydrogen-bond acceptors (Lipinski definition) is 2. The number of fused-ring (bicyclic) bond motifs is 1. The number of nitrogens with two attached hydrogens (primary N) is 1. The third kappa shape index (κ3) is 0.871. The Labute approximate surface area is 69.8 Å². The topological polar surface area (TPSA) is 62.0 Å². The first kappa shape index (κ1) is 7.18. The molecule has 0 unspecified atom stereocenters. The fourth-order valence-electron chi connectivity index (χ4n) is 1.40. The lowest BCUT2D eigenvalue weighted by molar-refractivity contribution is 0.481. The van der Waals surface area contributed by atoms with Crippen LogP contribution >= 0.6 is 0 Å². The molecule has 0 saturated carbocycles. The van der Waals surface area contributed by atoms with Crippen molar-refractivity contribution in [2.75, 3.05) is 0 Å². The SMILES string of the molecule is NCc1c[nH]c2cccc(O)c12. The highest BCUT2D eigenvalue weighted by Crippen LogP contribution is 2.26. The van der Waals surface area contributed by atoms with E-state index >= 15 is 0 Å². The summed E-state index contributed by atoms with van der Waals surface area (Å²) in [5.41, 5.74) is 7.37. The number of H-pyrrole nitrogens is 1. The van der Waals surface area contributed by atoms with Crippen LogP contribution in [0.2, 0.25) is 0 Å². The molecule has 1 aromatic carbocycles. The Bertz CT molecular complexity index is 406. The zero-order valence-corrected chi connectivity index (χ0v) is 6.54. The first-order chi connectivity index (χ1) is 5.83. The van der Waals surface area contributed by atoms with Crippen LogP contribution in [0.25, 0.3) is 10.9 Å². The van der Waals surface area contributed by atoms with Crippen molar-refractivity contribution >= 4 is 10.9 Å². The molecule has 0 saturated heterocycles. The molecule has 0 aliphatic heterocycles. The molecule has 0 aliphatic rings. The number of nitrogens with one attached hydrogen (secondary N) is 1. The van der Waals surface area contributed by atoms with E-state index in [0.29, 0.717) is 6.54 Å². The molecule has 2 aromatic rings. The van der Waals surface area contributed by atoms with Crippen LogP contribution in [0.5, 0.6) is 5.75 Å². The Morgan fingerprint density at radius 3 is 3.00 bits per heavy atom. The molecule has 3 heteroatoms. The van der Waals surface area contributed by atoms with Crippen LogP contribution in [-0.4, -0.2) is 10.1 Å². The van der Waals surface area contributed by atoms with E-state index in [0.717, 1.165) is 16.5 Å². The normalized spacial score (nSPS) is 10.8. The Morgan fingerprint density at radius 2 is 2.25 bits per heavy atom. The van der Waals surface area contributed by atoms with Gasteiger partial charge in [-0.2, -0.15) is 0 Å². The minimum Gasteiger partial charge on any atom is -0.507 e. The van der Waals surface area contributed by atoms with Gasteiger partial charge in [0.15, 0.2) is 0 Å². The maximum Gasteiger partial charge on any atom is 0.125 e. The fourth-order valence-corrected chi connectivity index (χ4v) is 1.40. The predicted molar refractivity (Wildman–Crippen MR) is 47.9 cm³/mol. The maximum atomic E-state index is 9.50. The van der Waals surface area contributed by atoms with E-state index < -0.39 is 0 Å². The second-order valence-corrected chi connectivity index (χ2v) is 2.72. The van der Waals surface area contributed by atoms with Crippen molar-refractivity contribution < 1.29 is 5.11 Å². The predicted octanol–water partition coefficient (Wildman–Crippen LogP) is 1.33. The van der Waals surface area contributed by atoms with Gasteiger partial charge in [-0.25, -0.2) is 0 Å². The van der Waals surface area contributed by atoms with Gasteiger partial charge in [-0.05, 0) is 17.7 Å². The van der Waals surface area contributed by atoms with E-state index in [9.17, 15) is 5.11 Å². The maximum absolute atomic E-state index is 9.50. The third-order valence-electron chi connectivity index (χ3n) is 1.99. The summed E-state index contributed by atoms with van der Waals surface area (Å²) < 4.78 is 0. The monoisotopic (exact) mass is 162 g/mol. The van der Waals surface area contributed by atoms with Crippen molar-refractivity contribution in [3.63, 3.8) is 0 Å². The number of aromatic amines is 1. The van der Waals surface area contributed by atoms with Crippen LogP contribution in [0.4, 0.5) is 0 Å². The van der Waals surface area contributed by atoms with Crippen LogP contribution in [0.15, 0.2) is 24.4 Å². The molecule has 12 heavy (non-hydrogen) atoms. The summed E-state index contributed by atoms with van der Waals surface area (Å²) in [6.45, 7) is 0.442. The summed E-state index contributed by atoms with van der Waals surface area (Å²) in [6.07, 6.45) is 1.82. The molecule has 0 atom stereocenters. The van der Waals surface area contributed by atoms with Gasteiger partial charge in [0, 0.05) is 23.6 Å². The highest BCUT2D eigenvalue weighted by atomic mass is 16.3. The zero-order valence-electron chi connectivity index (χ0n) is 6.54. The number of hydrogen-bond donors (Lipinski definition) is 3. The summed E-state index contributed by atoms with van der Waals surface area (Å²) >= 11 is 0. The molecule has 1 heterocycles. The zero-order chi connectivity index (χ0) is 8.55. The van der Waals surface area contributed by atoms with E-state index in [1.54, 1.807) is 12.1 Å². The molecule has 0 aliphatic carbocycles. The molecule has 0 spiro atoms. The standard InChI is InChI=1S/C9H10N2O/c10-4-6-5-11-7-2-1-3-8(12)9(6)7/h1-3,5,11-12H,4,10H2. The average Bonchev–Trinajstić information content (AvgIpc) is 2.49. The van der Waals surface area contributed by atoms with Gasteiger partial charge in [0.2, 0.25) is 0 Å². The largest absolute Gasteiger partial charge is 0.507 e. The molecule has 0 radical (unpaired) electrons. The van der Waals surface area contributed by atoms with Crippen molar-refractivity contribution in [2.24, 2.45) is 5.73 Å². The second kappa shape index (κ2) is 2.53. The van der Waals surface area contributed by atoms with Crippen LogP contribution < -0.4 is 5.73 Å². The van der Waals surface area contributed by atoms with Crippen molar-refractivity contribution in [1.82, 2.24) is 4.98 Å². The minimum absolute atomic E-state index is 0.286. The Kier molecular flexibility index (Phi) is 1.52. The highest BCUT2D eigenvalue weighted by Gasteiger charge is 2.04. The lowest BCUT2D eigenvalue weighted by Gasteiger charge is -1.96. The van der Waals surface area contributed by atoms with E-state index in [2.05, 4.69) is 4.98 Å². The minimum atomic E-state index is 0.286. The number of aromatic nitrogens is 1. The summed E-state index contributed by atoms with van der Waals surface area (Å²) in [6, 6.07) is 5.37. The molecule has 0 fully saturated rings. The molecular weight excluding hydrogens is 152 g/mol. The van der Waals surface area contributed by atoms with Crippen LogP contribution in [0, 0.1) is 0 Å². The highest BCUT2D eigenvalue weighted by molar-refractivity contribution is 5.88. The number of phenols is 1. The van der Waals surface area contributed by atoms with Gasteiger partial charge in [0.25, 0.3) is 0 Å². The lowest BCUT2D eigenvalue weighted by atomic mass is 10.1. The number of benzene rings is 1. The Balaban J connectivity index is 2.83. The second-order valence-electron chi connectivity index (χ2n) is 2.72. The van der Waals surface area contributed by atoms with E-state index in [1.165, 1.54) is 0 Å². The molecule has 2 rings (SSSR count). The molecule has 3 nitrogen and oxygen atoms in total. The average molecular weight is 162 g/mol. The number of rotatable bonds is 1. The summed E-state index contributed by atoms with van der Waals surface area (Å²) in [7, 11) is 0. The van der Waals surface area contributed by atoms with Crippen molar-refractivity contribution in [2.45, 2.75) is 6.54 Å². The van der Waals surface area contributed by atoms with E-state index in [1.807, 2.05) is 12.3 Å². The quantitative estimate of drug-likeness (QED) is 0.592. The molecule has 4 N–H and O–H groups in total. The van der Waals surface area contributed by atoms with E-state index in [-0.39, 0.29) is 5.75 Å². The molecular formula is C9H10N2O. The smallest absolute Gasteiger partial charge is 0.125 e. The van der Waals surface area contributed by atoms with Crippen molar-refractivity contribution in [3.05, 3.63) is 30.0 Å². The Hall–Kier alpha value is -1.48. The molecule has 1 aromatic heterocycles. The van der Waals surface area contributed by atoms with Crippen LogP contribution in [0.1, 0.15) is 5.56 Å². The Morgan fingerprint density at radius 1 is 1.42 bits per heavy atom.